The third-order valence-electron chi connectivity index (χ3n) is 8.42. The SMILES string of the molecule is Cn1c[n+]([C@@H]2O[C@H](COP(=O)(O)OP(=O)(O)OP(=O)(O)OC[C@]34CO[C@@H](C3O)[C@H](n3cnc5c(=O)[nH]c(N)nc53)O4)[C@H](O)C2O)c2nc(N)[nH]c(=O)c21. The van der Waals surface area contributed by atoms with Crippen LogP contribution in [0, 0.1) is 0 Å². The minimum atomic E-state index is -5.99. The molecule has 290 valence electrons. The van der Waals surface area contributed by atoms with E-state index < -0.39 is 103 Å². The van der Waals surface area contributed by atoms with Crippen LogP contribution in [0.5, 0.6) is 0 Å². The van der Waals surface area contributed by atoms with E-state index >= 15 is 0 Å². The van der Waals surface area contributed by atoms with Crippen molar-refractivity contribution in [1.82, 2.24) is 34.1 Å². The van der Waals surface area contributed by atoms with Crippen molar-refractivity contribution in [1.29, 1.82) is 0 Å². The van der Waals surface area contributed by atoms with Crippen LogP contribution in [-0.2, 0) is 52.6 Å². The van der Waals surface area contributed by atoms with Crippen LogP contribution >= 0.6 is 23.5 Å². The van der Waals surface area contributed by atoms with Crippen LogP contribution in [0.4, 0.5) is 11.9 Å². The van der Waals surface area contributed by atoms with Gasteiger partial charge in [-0.1, -0.05) is 4.98 Å². The first-order valence-electron chi connectivity index (χ1n) is 14.9. The van der Waals surface area contributed by atoms with Gasteiger partial charge in [-0.3, -0.25) is 37.7 Å². The van der Waals surface area contributed by atoms with Crippen molar-refractivity contribution in [2.24, 2.45) is 7.05 Å². The molecule has 4 aromatic heterocycles. The van der Waals surface area contributed by atoms with Gasteiger partial charge in [0.2, 0.25) is 17.7 Å². The number of hydrogen-bond donors (Lipinski definition) is 10. The molecular formula is C22H30N10O18P3+. The summed E-state index contributed by atoms with van der Waals surface area (Å²) in [4.78, 5) is 71.3. The van der Waals surface area contributed by atoms with Crippen molar-refractivity contribution < 1.29 is 80.1 Å². The lowest BCUT2D eigenvalue weighted by molar-refractivity contribution is -0.745. The lowest BCUT2D eigenvalue weighted by Gasteiger charge is -2.31. The number of aliphatic hydroxyl groups excluding tert-OH is 3. The minimum absolute atomic E-state index is 0.0171. The number of H-pyrrole nitrogens is 2. The Labute approximate surface area is 292 Å². The Bertz CT molecular complexity index is 2370. The first-order valence-corrected chi connectivity index (χ1v) is 19.4. The lowest BCUT2D eigenvalue weighted by Crippen LogP contribution is -2.46. The number of nitrogens with one attached hydrogen (secondary N) is 2. The fourth-order valence-electron chi connectivity index (χ4n) is 6.10. The second kappa shape index (κ2) is 13.1. The zero-order valence-corrected chi connectivity index (χ0v) is 29.3. The maximum absolute atomic E-state index is 12.7. The minimum Gasteiger partial charge on any atom is -0.387 e. The van der Waals surface area contributed by atoms with Gasteiger partial charge in [0.05, 0.1) is 33.2 Å². The van der Waals surface area contributed by atoms with E-state index in [4.69, 9.17) is 30.2 Å². The second-order valence-corrected chi connectivity index (χ2v) is 16.6. The average molecular weight is 815 g/mol. The third-order valence-corrected chi connectivity index (χ3v) is 12.7. The Morgan fingerprint density at radius 1 is 1.00 bits per heavy atom. The van der Waals surface area contributed by atoms with E-state index in [1.165, 1.54) is 22.5 Å². The normalized spacial score (nSPS) is 31.9. The number of aliphatic hydroxyl groups is 3. The quantitative estimate of drug-likeness (QED) is 0.0479. The van der Waals surface area contributed by atoms with Crippen LogP contribution in [0.2, 0.25) is 0 Å². The Kier molecular flexibility index (Phi) is 9.30. The topological polar surface area (TPSA) is 407 Å². The summed E-state index contributed by atoms with van der Waals surface area (Å²) in [6, 6.07) is 0. The molecule has 2 bridgehead atoms. The summed E-state index contributed by atoms with van der Waals surface area (Å²) in [7, 11) is -15.9. The number of nitrogens with zero attached hydrogens (tertiary/aromatic N) is 6. The number of aromatic nitrogens is 8. The van der Waals surface area contributed by atoms with Gasteiger partial charge in [-0.2, -0.15) is 13.6 Å². The number of aromatic amines is 2. The first-order chi connectivity index (χ1) is 24.7. The predicted molar refractivity (Wildman–Crippen MR) is 167 cm³/mol. The molecule has 3 saturated heterocycles. The Hall–Kier alpha value is -3.53. The zero-order chi connectivity index (χ0) is 38.4. The smallest absolute Gasteiger partial charge is 0.387 e. The number of fused-ring (bicyclic) bond motifs is 4. The predicted octanol–water partition coefficient (Wildman–Crippen LogP) is -4.14. The highest BCUT2D eigenvalue weighted by Gasteiger charge is 2.63. The molecule has 0 saturated carbocycles. The van der Waals surface area contributed by atoms with Crippen LogP contribution in [-0.4, -0.2) is 120 Å². The molecule has 3 aliphatic heterocycles. The summed E-state index contributed by atoms with van der Waals surface area (Å²) in [5.74, 6) is -0.528. The Morgan fingerprint density at radius 3 is 2.38 bits per heavy atom. The van der Waals surface area contributed by atoms with E-state index in [1.807, 2.05) is 0 Å². The molecule has 0 spiro atoms. The van der Waals surface area contributed by atoms with Crippen molar-refractivity contribution in [3.8, 4) is 0 Å². The molecule has 3 fully saturated rings. The highest BCUT2D eigenvalue weighted by molar-refractivity contribution is 7.66. The van der Waals surface area contributed by atoms with Crippen molar-refractivity contribution in [2.75, 3.05) is 31.3 Å². The highest BCUT2D eigenvalue weighted by Crippen LogP contribution is 2.68. The maximum Gasteiger partial charge on any atom is 0.490 e. The molecule has 12 N–H and O–H groups in total. The van der Waals surface area contributed by atoms with Gasteiger partial charge in [0, 0.05) is 0 Å². The molecule has 4 aromatic rings. The van der Waals surface area contributed by atoms with Gasteiger partial charge < -0.3 is 55.7 Å². The number of ether oxygens (including phenoxy) is 3. The highest BCUT2D eigenvalue weighted by atomic mass is 31.3. The number of imidazole rings is 2. The number of aryl methyl sites for hydroxylation is 1. The molecule has 0 aliphatic carbocycles. The molecule has 53 heavy (non-hydrogen) atoms. The molecule has 7 heterocycles. The molecule has 11 atom stereocenters. The lowest BCUT2D eigenvalue weighted by atomic mass is 10.0. The maximum atomic E-state index is 12.7. The molecule has 31 heteroatoms. The van der Waals surface area contributed by atoms with Crippen LogP contribution in [0.15, 0.2) is 22.2 Å². The number of nitrogen functional groups attached to an aromatic ring is 2. The number of hydrogen-bond acceptors (Lipinski definition) is 20. The van der Waals surface area contributed by atoms with Gasteiger partial charge in [-0.05, 0) is 0 Å². The summed E-state index contributed by atoms with van der Waals surface area (Å²) in [5, 5.41) is 32.0. The Balaban J connectivity index is 0.966. The van der Waals surface area contributed by atoms with Crippen LogP contribution < -0.4 is 27.2 Å². The van der Waals surface area contributed by atoms with Crippen molar-refractivity contribution >= 4 is 57.7 Å². The third kappa shape index (κ3) is 6.87. The average Bonchev–Trinajstić information content (AvgIpc) is 3.82. The van der Waals surface area contributed by atoms with Gasteiger partial charge in [0.1, 0.15) is 36.1 Å². The van der Waals surface area contributed by atoms with E-state index in [0.29, 0.717) is 0 Å². The number of phosphoric ester groups is 2. The molecular weight excluding hydrogens is 785 g/mol. The van der Waals surface area contributed by atoms with E-state index in [2.05, 4.69) is 38.1 Å². The van der Waals surface area contributed by atoms with Gasteiger partial charge >= 0.3 is 29.1 Å². The van der Waals surface area contributed by atoms with Gasteiger partial charge in [0.25, 0.3) is 17.1 Å². The fourth-order valence-corrected chi connectivity index (χ4v) is 9.67. The molecule has 3 aliphatic rings. The molecule has 0 aromatic carbocycles. The van der Waals surface area contributed by atoms with Crippen molar-refractivity contribution in [3.63, 3.8) is 0 Å². The van der Waals surface area contributed by atoms with E-state index in [9.17, 15) is 53.3 Å². The van der Waals surface area contributed by atoms with E-state index in [0.717, 1.165) is 10.9 Å². The Morgan fingerprint density at radius 2 is 1.66 bits per heavy atom. The number of nitrogens with two attached hydrogens (primary N) is 2. The summed E-state index contributed by atoms with van der Waals surface area (Å²) in [5.41, 5.74) is 7.83. The summed E-state index contributed by atoms with van der Waals surface area (Å²) in [6.07, 6.45) is -8.05. The van der Waals surface area contributed by atoms with Crippen LogP contribution in [0.3, 0.4) is 0 Å². The van der Waals surface area contributed by atoms with Crippen LogP contribution in [0.1, 0.15) is 12.5 Å². The van der Waals surface area contributed by atoms with Gasteiger partial charge in [0.15, 0.2) is 23.7 Å². The summed E-state index contributed by atoms with van der Waals surface area (Å²) >= 11 is 0. The molecule has 7 rings (SSSR count). The van der Waals surface area contributed by atoms with Gasteiger partial charge in [-0.15, -0.1) is 0 Å². The fraction of sp³-hybridized carbons (Fsp3) is 0.545. The van der Waals surface area contributed by atoms with Gasteiger partial charge in [-0.25, -0.2) is 23.2 Å². The largest absolute Gasteiger partial charge is 0.490 e. The monoisotopic (exact) mass is 815 g/mol. The zero-order valence-electron chi connectivity index (χ0n) is 26.6. The summed E-state index contributed by atoms with van der Waals surface area (Å²) < 4.78 is 76.1. The van der Waals surface area contributed by atoms with Crippen molar-refractivity contribution in [3.05, 3.63) is 33.4 Å². The summed E-state index contributed by atoms with van der Waals surface area (Å²) in [6.45, 7) is -2.51. The molecule has 0 amide bonds. The first kappa shape index (κ1) is 37.8. The number of phosphoric acid groups is 3. The molecule has 0 radical (unpaired) electrons. The van der Waals surface area contributed by atoms with Crippen molar-refractivity contribution in [2.45, 2.75) is 48.6 Å². The standard InChI is InChI=1S/C22H29N10O18P3/c1-30-6-32(15-9(30)17(37)29-21(24)27-15)18-11(34)10(33)7(47-18)2-45-51(38,39)49-53(42,43)50-52(40,41)46-4-22-3-44-12(13(22)35)19(48-22)31-5-25-8-14(31)26-20(23)28-16(8)36/h5-7,10-13,18-19,33-35H,2-4H2,1H3,(H8-,23,24,26,27,28,29,36,37,38,39,40,41,42,43)/p+1/t7-,10+,11?,12+,13?,18-,19-,22-/m1/s1. The van der Waals surface area contributed by atoms with E-state index in [-0.39, 0.29) is 34.2 Å². The molecule has 28 nitrogen and oxygen atoms in total. The number of rotatable bonds is 12. The second-order valence-electron chi connectivity index (χ2n) is 12.0. The number of anilines is 2. The molecule has 5 unspecified atom stereocenters. The van der Waals surface area contributed by atoms with E-state index in [1.54, 1.807) is 0 Å². The van der Waals surface area contributed by atoms with Crippen LogP contribution in [0.25, 0.3) is 22.3 Å².